The molecule has 0 atom stereocenters. The SMILES string of the molecule is OCC/C=C/C(Cc1ccc2c(c1)OCO2)=C(/CCO)Cc1ccc2c(c1)OCO2. The molecular formula is C24H26O6. The zero-order chi connectivity index (χ0) is 20.8. The van der Waals surface area contributed by atoms with Gasteiger partial charge in [0.2, 0.25) is 13.6 Å². The predicted octanol–water partition coefficient (Wildman–Crippen LogP) is 3.55. The van der Waals surface area contributed by atoms with Crippen LogP contribution in [0, 0.1) is 0 Å². The average molecular weight is 410 g/mol. The van der Waals surface area contributed by atoms with Gasteiger partial charge in [0.15, 0.2) is 23.0 Å². The Morgan fingerprint density at radius 3 is 1.97 bits per heavy atom. The van der Waals surface area contributed by atoms with Crippen LogP contribution in [0.3, 0.4) is 0 Å². The van der Waals surface area contributed by atoms with E-state index in [0.717, 1.165) is 45.3 Å². The standard InChI is InChI=1S/C24H26O6/c25-9-2-1-3-19(11-17-4-6-21-23(13-17)29-15-27-21)20(8-10-26)12-18-5-7-22-24(14-18)30-16-28-22/h1,3-7,13-14,25-26H,2,8-12,15-16H2/b3-1+,20-19+. The smallest absolute Gasteiger partial charge is 0.231 e. The molecule has 0 amide bonds. The molecular weight excluding hydrogens is 384 g/mol. The van der Waals surface area contributed by atoms with Gasteiger partial charge in [-0.15, -0.1) is 0 Å². The molecule has 0 radical (unpaired) electrons. The van der Waals surface area contributed by atoms with Crippen molar-refractivity contribution in [1.29, 1.82) is 0 Å². The lowest BCUT2D eigenvalue weighted by Crippen LogP contribution is -2.02. The van der Waals surface area contributed by atoms with Crippen LogP contribution in [0.1, 0.15) is 24.0 Å². The van der Waals surface area contributed by atoms with Gasteiger partial charge >= 0.3 is 0 Å². The minimum absolute atomic E-state index is 0.0678. The maximum Gasteiger partial charge on any atom is 0.231 e. The molecule has 0 unspecified atom stereocenters. The zero-order valence-corrected chi connectivity index (χ0v) is 16.8. The van der Waals surface area contributed by atoms with E-state index in [0.29, 0.717) is 25.7 Å². The molecule has 2 aliphatic rings. The van der Waals surface area contributed by atoms with E-state index < -0.39 is 0 Å². The number of fused-ring (bicyclic) bond motifs is 2. The summed E-state index contributed by atoms with van der Waals surface area (Å²) in [5, 5.41) is 18.9. The van der Waals surface area contributed by atoms with E-state index in [1.807, 2.05) is 42.5 Å². The molecule has 2 aliphatic heterocycles. The molecule has 158 valence electrons. The summed E-state index contributed by atoms with van der Waals surface area (Å²) in [5.74, 6) is 3.03. The summed E-state index contributed by atoms with van der Waals surface area (Å²) >= 11 is 0. The summed E-state index contributed by atoms with van der Waals surface area (Å²) in [6, 6.07) is 11.9. The highest BCUT2D eigenvalue weighted by Crippen LogP contribution is 2.35. The first kappa shape index (κ1) is 20.3. The third kappa shape index (κ3) is 4.78. The molecule has 30 heavy (non-hydrogen) atoms. The van der Waals surface area contributed by atoms with Crippen molar-refractivity contribution in [1.82, 2.24) is 0 Å². The fraction of sp³-hybridized carbons (Fsp3) is 0.333. The Kier molecular flexibility index (Phi) is 6.57. The van der Waals surface area contributed by atoms with Crippen molar-refractivity contribution in [3.05, 3.63) is 70.8 Å². The van der Waals surface area contributed by atoms with Crippen LogP contribution in [-0.2, 0) is 12.8 Å². The molecule has 2 N–H and O–H groups in total. The molecule has 4 rings (SSSR count). The van der Waals surface area contributed by atoms with E-state index in [-0.39, 0.29) is 26.8 Å². The molecule has 0 saturated carbocycles. The van der Waals surface area contributed by atoms with Gasteiger partial charge in [-0.25, -0.2) is 0 Å². The normalized spacial score (nSPS) is 15.0. The maximum absolute atomic E-state index is 9.70. The second-order valence-electron chi connectivity index (χ2n) is 7.25. The largest absolute Gasteiger partial charge is 0.454 e. The third-order valence-corrected chi connectivity index (χ3v) is 5.17. The van der Waals surface area contributed by atoms with Crippen molar-refractivity contribution in [2.24, 2.45) is 0 Å². The van der Waals surface area contributed by atoms with Gasteiger partial charge in [-0.05, 0) is 66.6 Å². The van der Waals surface area contributed by atoms with Gasteiger partial charge in [-0.2, -0.15) is 0 Å². The number of benzene rings is 2. The fourth-order valence-electron chi connectivity index (χ4n) is 3.67. The molecule has 0 aromatic heterocycles. The molecule has 2 aromatic carbocycles. The molecule has 2 aromatic rings. The topological polar surface area (TPSA) is 77.4 Å². The Morgan fingerprint density at radius 2 is 1.37 bits per heavy atom. The van der Waals surface area contributed by atoms with Gasteiger partial charge in [0.1, 0.15) is 0 Å². The summed E-state index contributed by atoms with van der Waals surface area (Å²) in [4.78, 5) is 0. The van der Waals surface area contributed by atoms with E-state index in [1.54, 1.807) is 0 Å². The average Bonchev–Trinajstić information content (AvgIpc) is 3.41. The van der Waals surface area contributed by atoms with Gasteiger partial charge in [0.25, 0.3) is 0 Å². The van der Waals surface area contributed by atoms with Crippen LogP contribution in [0.5, 0.6) is 23.0 Å². The van der Waals surface area contributed by atoms with Gasteiger partial charge in [-0.1, -0.05) is 29.9 Å². The molecule has 0 aliphatic carbocycles. The van der Waals surface area contributed by atoms with E-state index in [2.05, 4.69) is 6.08 Å². The van der Waals surface area contributed by atoms with E-state index in [9.17, 15) is 10.2 Å². The summed E-state index contributed by atoms with van der Waals surface area (Å²) < 4.78 is 21.8. The summed E-state index contributed by atoms with van der Waals surface area (Å²) in [5.41, 5.74) is 4.46. The Balaban J connectivity index is 1.63. The zero-order valence-electron chi connectivity index (χ0n) is 16.8. The van der Waals surface area contributed by atoms with E-state index in [1.165, 1.54) is 0 Å². The highest BCUT2D eigenvalue weighted by atomic mass is 16.7. The Bertz CT molecular complexity index is 947. The fourth-order valence-corrected chi connectivity index (χ4v) is 3.67. The lowest BCUT2D eigenvalue weighted by molar-refractivity contribution is 0.173. The number of aliphatic hydroxyl groups excluding tert-OH is 2. The molecule has 0 bridgehead atoms. The Labute approximate surface area is 176 Å². The van der Waals surface area contributed by atoms with Crippen LogP contribution in [0.4, 0.5) is 0 Å². The van der Waals surface area contributed by atoms with Crippen molar-refractivity contribution in [3.8, 4) is 23.0 Å². The van der Waals surface area contributed by atoms with Crippen LogP contribution >= 0.6 is 0 Å². The van der Waals surface area contributed by atoms with Crippen molar-refractivity contribution >= 4 is 0 Å². The minimum atomic E-state index is 0.0678. The van der Waals surface area contributed by atoms with Crippen LogP contribution in [0.15, 0.2) is 59.7 Å². The molecule has 2 heterocycles. The van der Waals surface area contributed by atoms with Gasteiger partial charge in [0, 0.05) is 13.2 Å². The lowest BCUT2D eigenvalue weighted by atomic mass is 9.92. The molecule has 0 saturated heterocycles. The first-order valence-electron chi connectivity index (χ1n) is 10.1. The summed E-state index contributed by atoms with van der Waals surface area (Å²) in [7, 11) is 0. The molecule has 6 heteroatoms. The number of aliphatic hydroxyl groups is 2. The number of hydrogen-bond donors (Lipinski definition) is 2. The van der Waals surface area contributed by atoms with Crippen LogP contribution < -0.4 is 18.9 Å². The molecule has 6 nitrogen and oxygen atoms in total. The number of allylic oxidation sites excluding steroid dienone is 2. The number of ether oxygens (including phenoxy) is 4. The van der Waals surface area contributed by atoms with Gasteiger partial charge < -0.3 is 29.2 Å². The van der Waals surface area contributed by atoms with Crippen LogP contribution in [0.2, 0.25) is 0 Å². The molecule has 0 spiro atoms. The van der Waals surface area contributed by atoms with Crippen molar-refractivity contribution in [3.63, 3.8) is 0 Å². The third-order valence-electron chi connectivity index (χ3n) is 5.17. The van der Waals surface area contributed by atoms with Crippen molar-refractivity contribution in [2.45, 2.75) is 25.7 Å². The quantitative estimate of drug-likeness (QED) is 0.616. The van der Waals surface area contributed by atoms with Gasteiger partial charge in [0.05, 0.1) is 0 Å². The van der Waals surface area contributed by atoms with E-state index in [4.69, 9.17) is 18.9 Å². The Morgan fingerprint density at radius 1 is 0.767 bits per heavy atom. The van der Waals surface area contributed by atoms with Crippen molar-refractivity contribution in [2.75, 3.05) is 26.8 Å². The summed E-state index contributed by atoms with van der Waals surface area (Å²) in [6.45, 7) is 0.665. The first-order valence-corrected chi connectivity index (χ1v) is 10.1. The Hall–Kier alpha value is -2.96. The highest BCUT2D eigenvalue weighted by molar-refractivity contribution is 5.48. The number of rotatable bonds is 9. The van der Waals surface area contributed by atoms with E-state index >= 15 is 0 Å². The first-order chi connectivity index (χ1) is 14.8. The predicted molar refractivity (Wildman–Crippen MR) is 112 cm³/mol. The van der Waals surface area contributed by atoms with Crippen molar-refractivity contribution < 1.29 is 29.2 Å². The highest BCUT2D eigenvalue weighted by Gasteiger charge is 2.16. The second kappa shape index (κ2) is 9.69. The number of hydrogen-bond acceptors (Lipinski definition) is 6. The molecule has 0 fully saturated rings. The van der Waals surface area contributed by atoms with Crippen LogP contribution in [-0.4, -0.2) is 37.0 Å². The maximum atomic E-state index is 9.70. The minimum Gasteiger partial charge on any atom is -0.454 e. The van der Waals surface area contributed by atoms with Crippen LogP contribution in [0.25, 0.3) is 0 Å². The lowest BCUT2D eigenvalue weighted by Gasteiger charge is -2.14. The van der Waals surface area contributed by atoms with Gasteiger partial charge in [-0.3, -0.25) is 0 Å². The monoisotopic (exact) mass is 410 g/mol. The summed E-state index contributed by atoms with van der Waals surface area (Å²) in [6.07, 6.45) is 6.57. The second-order valence-corrected chi connectivity index (χ2v) is 7.25.